The molecule has 0 radical (unpaired) electrons. The number of benzene rings is 2. The second-order valence-electron chi connectivity index (χ2n) is 8.12. The van der Waals surface area contributed by atoms with Crippen molar-refractivity contribution < 1.29 is 9.18 Å². The Balaban J connectivity index is 1.74. The second-order valence-corrected chi connectivity index (χ2v) is 9.13. The van der Waals surface area contributed by atoms with Gasteiger partial charge in [0.15, 0.2) is 5.13 Å². The zero-order valence-corrected chi connectivity index (χ0v) is 17.9. The Kier molecular flexibility index (Phi) is 5.35. The Morgan fingerprint density at radius 2 is 1.80 bits per heavy atom. The molecule has 1 amide bonds. The van der Waals surface area contributed by atoms with Crippen LogP contribution in [0.15, 0.2) is 66.9 Å². The van der Waals surface area contributed by atoms with Gasteiger partial charge in [0.2, 0.25) is 0 Å². The molecule has 0 aliphatic heterocycles. The van der Waals surface area contributed by atoms with Crippen LogP contribution in [-0.4, -0.2) is 15.9 Å². The summed E-state index contributed by atoms with van der Waals surface area (Å²) >= 11 is 1.30. The minimum absolute atomic E-state index is 0.000216. The number of fused-ring (bicyclic) bond motifs is 1. The van der Waals surface area contributed by atoms with Crippen LogP contribution in [0, 0.1) is 5.82 Å². The first-order chi connectivity index (χ1) is 14.3. The zero-order chi connectivity index (χ0) is 21.3. The molecule has 0 spiro atoms. The lowest BCUT2D eigenvalue weighted by Crippen LogP contribution is -2.30. The largest absolute Gasteiger partial charge is 0.278 e. The summed E-state index contributed by atoms with van der Waals surface area (Å²) in [6.45, 7) is 6.65. The van der Waals surface area contributed by atoms with E-state index in [-0.39, 0.29) is 23.4 Å². The molecular weight excluding hydrogens is 397 g/mol. The first-order valence-electron chi connectivity index (χ1n) is 9.70. The molecule has 0 atom stereocenters. The molecule has 152 valence electrons. The lowest BCUT2D eigenvalue weighted by Gasteiger charge is -2.21. The molecule has 0 aliphatic rings. The van der Waals surface area contributed by atoms with Gasteiger partial charge in [-0.25, -0.2) is 9.37 Å². The van der Waals surface area contributed by atoms with E-state index >= 15 is 0 Å². The number of carbonyl (C=O) groups excluding carboxylic acids is 1. The molecule has 2 heterocycles. The predicted molar refractivity (Wildman–Crippen MR) is 119 cm³/mol. The number of anilines is 1. The lowest BCUT2D eigenvalue weighted by atomic mass is 9.86. The van der Waals surface area contributed by atoms with Gasteiger partial charge in [-0.1, -0.05) is 56.4 Å². The van der Waals surface area contributed by atoms with Crippen LogP contribution >= 0.6 is 11.3 Å². The number of thiazole rings is 1. The van der Waals surface area contributed by atoms with Crippen molar-refractivity contribution in [3.8, 4) is 0 Å². The summed E-state index contributed by atoms with van der Waals surface area (Å²) in [5, 5.41) is 0.450. The Labute approximate surface area is 179 Å². The maximum atomic E-state index is 14.2. The summed E-state index contributed by atoms with van der Waals surface area (Å²) in [6.07, 6.45) is 1.69. The van der Waals surface area contributed by atoms with E-state index in [1.54, 1.807) is 23.2 Å². The number of carbonyl (C=O) groups is 1. The number of amides is 1. The SMILES string of the molecule is CC(C)(C)c1ccc(C(=O)N(Cc2ccccn2)c2nc3c(F)cccc3s2)cc1. The minimum Gasteiger partial charge on any atom is -0.278 e. The van der Waals surface area contributed by atoms with Crippen molar-refractivity contribution in [1.29, 1.82) is 0 Å². The lowest BCUT2D eigenvalue weighted by molar-refractivity contribution is 0.0984. The topological polar surface area (TPSA) is 46.1 Å². The molecule has 2 aromatic carbocycles. The van der Waals surface area contributed by atoms with E-state index in [1.807, 2.05) is 42.5 Å². The van der Waals surface area contributed by atoms with Crippen LogP contribution in [0.25, 0.3) is 10.2 Å². The van der Waals surface area contributed by atoms with Crippen molar-refractivity contribution in [3.63, 3.8) is 0 Å². The fourth-order valence-corrected chi connectivity index (χ4v) is 4.14. The van der Waals surface area contributed by atoms with Crippen molar-refractivity contribution in [2.75, 3.05) is 4.90 Å². The molecule has 0 N–H and O–H groups in total. The number of para-hydroxylation sites is 1. The number of hydrogen-bond acceptors (Lipinski definition) is 4. The summed E-state index contributed by atoms with van der Waals surface area (Å²) in [6, 6.07) is 18.0. The third-order valence-corrected chi connectivity index (χ3v) is 5.92. The van der Waals surface area contributed by atoms with Gasteiger partial charge in [-0.05, 0) is 47.4 Å². The Hall–Kier alpha value is -3.12. The molecule has 0 bridgehead atoms. The van der Waals surface area contributed by atoms with Gasteiger partial charge in [-0.3, -0.25) is 14.7 Å². The van der Waals surface area contributed by atoms with Gasteiger partial charge < -0.3 is 0 Å². The van der Waals surface area contributed by atoms with E-state index in [2.05, 4.69) is 30.7 Å². The molecule has 2 aromatic heterocycles. The fourth-order valence-electron chi connectivity index (χ4n) is 3.17. The normalized spacial score (nSPS) is 11.6. The van der Waals surface area contributed by atoms with Crippen molar-refractivity contribution in [3.05, 3.63) is 89.5 Å². The molecule has 4 aromatic rings. The van der Waals surface area contributed by atoms with Gasteiger partial charge in [-0.2, -0.15) is 0 Å². The van der Waals surface area contributed by atoms with Gasteiger partial charge in [0.05, 0.1) is 16.9 Å². The Morgan fingerprint density at radius 3 is 2.43 bits per heavy atom. The first kappa shape index (κ1) is 20.2. The highest BCUT2D eigenvalue weighted by Gasteiger charge is 2.23. The van der Waals surface area contributed by atoms with Crippen LogP contribution in [0.2, 0.25) is 0 Å². The third-order valence-electron chi connectivity index (χ3n) is 4.88. The smallest absolute Gasteiger partial charge is 0.260 e. The number of halogens is 1. The molecule has 0 saturated carbocycles. The number of rotatable bonds is 4. The average molecular weight is 420 g/mol. The fraction of sp³-hybridized carbons (Fsp3) is 0.208. The molecule has 0 saturated heterocycles. The van der Waals surface area contributed by atoms with Gasteiger partial charge in [0.1, 0.15) is 11.3 Å². The minimum atomic E-state index is -0.394. The highest BCUT2D eigenvalue weighted by atomic mass is 32.1. The van der Waals surface area contributed by atoms with E-state index in [0.717, 1.165) is 11.3 Å². The van der Waals surface area contributed by atoms with Gasteiger partial charge in [-0.15, -0.1) is 0 Å². The van der Waals surface area contributed by atoms with Crippen molar-refractivity contribution in [2.24, 2.45) is 0 Å². The van der Waals surface area contributed by atoms with Crippen molar-refractivity contribution >= 4 is 32.6 Å². The number of pyridine rings is 1. The predicted octanol–water partition coefficient (Wildman–Crippen LogP) is 5.97. The molecule has 6 heteroatoms. The number of aromatic nitrogens is 2. The first-order valence-corrected chi connectivity index (χ1v) is 10.5. The maximum absolute atomic E-state index is 14.2. The van der Waals surface area contributed by atoms with E-state index < -0.39 is 5.82 Å². The van der Waals surface area contributed by atoms with E-state index in [9.17, 15) is 9.18 Å². The monoisotopic (exact) mass is 419 g/mol. The quantitative estimate of drug-likeness (QED) is 0.409. The van der Waals surface area contributed by atoms with E-state index in [1.165, 1.54) is 17.4 Å². The van der Waals surface area contributed by atoms with Crippen LogP contribution in [0.1, 0.15) is 42.4 Å². The van der Waals surface area contributed by atoms with Crippen LogP contribution < -0.4 is 4.90 Å². The molecular formula is C24H22FN3OS. The molecule has 0 fully saturated rings. The highest BCUT2D eigenvalue weighted by Crippen LogP contribution is 2.32. The van der Waals surface area contributed by atoms with E-state index in [4.69, 9.17) is 0 Å². The van der Waals surface area contributed by atoms with Crippen molar-refractivity contribution in [1.82, 2.24) is 9.97 Å². The number of nitrogens with zero attached hydrogens (tertiary/aromatic N) is 3. The van der Waals surface area contributed by atoms with Gasteiger partial charge in [0.25, 0.3) is 5.91 Å². The van der Waals surface area contributed by atoms with Gasteiger partial charge >= 0.3 is 0 Å². The van der Waals surface area contributed by atoms with Crippen LogP contribution in [0.4, 0.5) is 9.52 Å². The highest BCUT2D eigenvalue weighted by molar-refractivity contribution is 7.22. The summed E-state index contributed by atoms with van der Waals surface area (Å²) in [7, 11) is 0. The molecule has 4 rings (SSSR count). The Morgan fingerprint density at radius 1 is 1.03 bits per heavy atom. The van der Waals surface area contributed by atoms with E-state index in [0.29, 0.717) is 15.4 Å². The maximum Gasteiger partial charge on any atom is 0.260 e. The summed E-state index contributed by atoms with van der Waals surface area (Å²) in [4.78, 5) is 23.8. The zero-order valence-electron chi connectivity index (χ0n) is 17.1. The molecule has 0 unspecified atom stereocenters. The number of hydrogen-bond donors (Lipinski definition) is 0. The molecule has 30 heavy (non-hydrogen) atoms. The third kappa shape index (κ3) is 4.09. The van der Waals surface area contributed by atoms with Gasteiger partial charge in [0, 0.05) is 11.8 Å². The Bertz CT molecular complexity index is 1180. The van der Waals surface area contributed by atoms with Crippen LogP contribution in [0.5, 0.6) is 0 Å². The molecule has 0 aliphatic carbocycles. The summed E-state index contributed by atoms with van der Waals surface area (Å²) < 4.78 is 14.9. The summed E-state index contributed by atoms with van der Waals surface area (Å²) in [5.41, 5.74) is 2.71. The van der Waals surface area contributed by atoms with Crippen molar-refractivity contribution in [2.45, 2.75) is 32.7 Å². The average Bonchev–Trinajstić information content (AvgIpc) is 3.17. The standard InChI is InChI=1S/C24H22FN3OS/c1-24(2,3)17-12-10-16(11-13-17)22(29)28(15-18-7-4-5-14-26-18)23-27-21-19(25)8-6-9-20(21)30-23/h4-14H,15H2,1-3H3. The molecule has 4 nitrogen and oxygen atoms in total. The second kappa shape index (κ2) is 7.95. The summed E-state index contributed by atoms with van der Waals surface area (Å²) in [5.74, 6) is -0.588. The van der Waals surface area contributed by atoms with Crippen LogP contribution in [-0.2, 0) is 12.0 Å². The van der Waals surface area contributed by atoms with Crippen LogP contribution in [0.3, 0.4) is 0 Å².